The van der Waals surface area contributed by atoms with Gasteiger partial charge in [-0.05, 0) is 31.9 Å². The van der Waals surface area contributed by atoms with Crippen molar-refractivity contribution in [1.29, 1.82) is 0 Å². The molecule has 0 saturated carbocycles. The molecule has 30 heavy (non-hydrogen) atoms. The maximum atomic E-state index is 12.6. The van der Waals surface area contributed by atoms with E-state index in [1.54, 1.807) is 13.2 Å². The van der Waals surface area contributed by atoms with Crippen LogP contribution in [0, 0.1) is 6.92 Å². The number of methoxy groups -OCH3 is 1. The van der Waals surface area contributed by atoms with Crippen LogP contribution in [0.2, 0.25) is 0 Å². The van der Waals surface area contributed by atoms with Gasteiger partial charge in [-0.2, -0.15) is 4.98 Å². The Morgan fingerprint density at radius 2 is 1.70 bits per heavy atom. The molecule has 0 unspecified atom stereocenters. The smallest absolute Gasteiger partial charge is 0.260 e. The summed E-state index contributed by atoms with van der Waals surface area (Å²) in [6.07, 6.45) is 2.40. The van der Waals surface area contributed by atoms with Crippen LogP contribution in [0.5, 0.6) is 11.5 Å². The van der Waals surface area contributed by atoms with Crippen LogP contribution in [0.1, 0.15) is 18.5 Å². The molecule has 0 aliphatic carbocycles. The van der Waals surface area contributed by atoms with Gasteiger partial charge in [-0.3, -0.25) is 4.79 Å². The van der Waals surface area contributed by atoms with Crippen LogP contribution in [0.3, 0.4) is 0 Å². The third kappa shape index (κ3) is 4.75. The highest BCUT2D eigenvalue weighted by molar-refractivity contribution is 5.78. The number of ether oxygens (including phenoxy) is 2. The molecular weight excluding hydrogens is 382 g/mol. The second-order valence-electron chi connectivity index (χ2n) is 7.70. The van der Waals surface area contributed by atoms with Gasteiger partial charge in [-0.25, -0.2) is 4.98 Å². The van der Waals surface area contributed by atoms with E-state index in [0.29, 0.717) is 24.6 Å². The van der Waals surface area contributed by atoms with Crippen molar-refractivity contribution in [3.8, 4) is 11.5 Å². The fraction of sp³-hybridized carbons (Fsp3) is 0.500. The highest BCUT2D eigenvalue weighted by Gasteiger charge is 2.24. The number of amides is 1. The molecule has 2 aromatic rings. The zero-order chi connectivity index (χ0) is 20.9. The van der Waals surface area contributed by atoms with E-state index in [1.165, 1.54) is 12.8 Å². The number of benzene rings is 1. The van der Waals surface area contributed by atoms with Gasteiger partial charge in [0.15, 0.2) is 6.61 Å². The van der Waals surface area contributed by atoms with E-state index in [2.05, 4.69) is 14.8 Å². The van der Waals surface area contributed by atoms with Crippen LogP contribution in [-0.4, -0.2) is 73.8 Å². The fourth-order valence-corrected chi connectivity index (χ4v) is 3.87. The first kappa shape index (κ1) is 20.3. The molecule has 160 valence electrons. The van der Waals surface area contributed by atoms with Gasteiger partial charge < -0.3 is 24.2 Å². The number of hydrogen-bond acceptors (Lipinski definition) is 7. The predicted molar refractivity (Wildman–Crippen MR) is 115 cm³/mol. The van der Waals surface area contributed by atoms with E-state index < -0.39 is 0 Å². The molecule has 2 aliphatic rings. The van der Waals surface area contributed by atoms with Crippen LogP contribution >= 0.6 is 0 Å². The quantitative estimate of drug-likeness (QED) is 0.721. The van der Waals surface area contributed by atoms with Crippen LogP contribution in [-0.2, 0) is 4.79 Å². The summed E-state index contributed by atoms with van der Waals surface area (Å²) in [5, 5.41) is 0. The average molecular weight is 412 g/mol. The lowest BCUT2D eigenvalue weighted by molar-refractivity contribution is -0.133. The van der Waals surface area contributed by atoms with Crippen LogP contribution in [0.25, 0.3) is 0 Å². The number of aryl methyl sites for hydroxylation is 1. The Hall–Kier alpha value is -3.03. The lowest BCUT2D eigenvalue weighted by Gasteiger charge is -2.35. The first-order chi connectivity index (χ1) is 14.6. The Morgan fingerprint density at radius 1 is 0.967 bits per heavy atom. The molecule has 0 bridgehead atoms. The predicted octanol–water partition coefficient (Wildman–Crippen LogP) is 2.12. The van der Waals surface area contributed by atoms with Crippen LogP contribution < -0.4 is 19.3 Å². The summed E-state index contributed by atoms with van der Waals surface area (Å²) in [4.78, 5) is 28.3. The second-order valence-corrected chi connectivity index (χ2v) is 7.70. The van der Waals surface area contributed by atoms with Gasteiger partial charge in [0, 0.05) is 57.1 Å². The summed E-state index contributed by atoms with van der Waals surface area (Å²) >= 11 is 0. The van der Waals surface area contributed by atoms with Gasteiger partial charge in [-0.15, -0.1) is 0 Å². The number of aromatic nitrogens is 2. The normalized spacial score (nSPS) is 16.7. The fourth-order valence-electron chi connectivity index (χ4n) is 3.87. The number of anilines is 2. The topological polar surface area (TPSA) is 71.0 Å². The molecule has 2 aliphatic heterocycles. The van der Waals surface area contributed by atoms with Crippen molar-refractivity contribution in [3.63, 3.8) is 0 Å². The van der Waals surface area contributed by atoms with Crippen molar-refractivity contribution in [2.45, 2.75) is 19.8 Å². The van der Waals surface area contributed by atoms with Gasteiger partial charge in [-0.1, -0.05) is 6.07 Å². The number of nitrogens with zero attached hydrogens (tertiary/aromatic N) is 5. The molecule has 1 aromatic heterocycles. The van der Waals surface area contributed by atoms with Crippen molar-refractivity contribution < 1.29 is 14.3 Å². The molecule has 3 heterocycles. The number of carbonyl (C=O) groups is 1. The molecule has 8 nitrogen and oxygen atoms in total. The largest absolute Gasteiger partial charge is 0.497 e. The Kier molecular flexibility index (Phi) is 6.21. The minimum Gasteiger partial charge on any atom is -0.497 e. The molecule has 0 atom stereocenters. The molecule has 1 amide bonds. The summed E-state index contributed by atoms with van der Waals surface area (Å²) < 4.78 is 10.8. The number of carbonyl (C=O) groups excluding carboxylic acids is 1. The SMILES string of the molecule is COc1cccc(OCC(=O)N2CCN(c3cc(C)nc(N4CCCC4)n3)CC2)c1. The van der Waals surface area contributed by atoms with E-state index in [-0.39, 0.29) is 12.5 Å². The van der Waals surface area contributed by atoms with Gasteiger partial charge in [0.05, 0.1) is 7.11 Å². The Balaban J connectivity index is 1.31. The minimum absolute atomic E-state index is 0.00547. The molecule has 0 spiro atoms. The first-order valence-electron chi connectivity index (χ1n) is 10.5. The Labute approximate surface area is 177 Å². The third-order valence-electron chi connectivity index (χ3n) is 5.58. The highest BCUT2D eigenvalue weighted by Crippen LogP contribution is 2.22. The number of rotatable bonds is 6. The summed E-state index contributed by atoms with van der Waals surface area (Å²) in [5.41, 5.74) is 0.979. The molecule has 1 aromatic carbocycles. The Bertz CT molecular complexity index is 877. The van der Waals surface area contributed by atoms with Gasteiger partial charge in [0.25, 0.3) is 5.91 Å². The first-order valence-corrected chi connectivity index (χ1v) is 10.5. The third-order valence-corrected chi connectivity index (χ3v) is 5.58. The van der Waals surface area contributed by atoms with E-state index in [1.807, 2.05) is 36.1 Å². The lowest BCUT2D eigenvalue weighted by atomic mass is 10.3. The summed E-state index contributed by atoms with van der Waals surface area (Å²) in [7, 11) is 1.61. The average Bonchev–Trinajstić information content (AvgIpc) is 3.32. The van der Waals surface area contributed by atoms with E-state index >= 15 is 0 Å². The van der Waals surface area contributed by atoms with E-state index in [9.17, 15) is 4.79 Å². The molecule has 2 fully saturated rings. The van der Waals surface area contributed by atoms with Crippen molar-refractivity contribution in [3.05, 3.63) is 36.0 Å². The Morgan fingerprint density at radius 3 is 2.43 bits per heavy atom. The molecule has 0 N–H and O–H groups in total. The van der Waals surface area contributed by atoms with Crippen LogP contribution in [0.15, 0.2) is 30.3 Å². The monoisotopic (exact) mass is 411 g/mol. The van der Waals surface area contributed by atoms with Gasteiger partial charge in [0.1, 0.15) is 17.3 Å². The molecule has 2 saturated heterocycles. The van der Waals surface area contributed by atoms with Crippen LogP contribution in [0.4, 0.5) is 11.8 Å². The molecule has 4 rings (SSSR count). The van der Waals surface area contributed by atoms with E-state index in [4.69, 9.17) is 14.5 Å². The van der Waals surface area contributed by atoms with Crippen molar-refractivity contribution >= 4 is 17.7 Å². The number of piperazine rings is 1. The zero-order valence-corrected chi connectivity index (χ0v) is 17.7. The van der Waals surface area contributed by atoms with Gasteiger partial charge in [0.2, 0.25) is 5.95 Å². The molecular formula is C22H29N5O3. The standard InChI is InChI=1S/C22H29N5O3/c1-17-14-20(24-22(23-17)27-8-3-4-9-27)25-10-12-26(13-11-25)21(28)16-30-19-7-5-6-18(15-19)29-2/h5-7,14-15H,3-4,8-13,16H2,1-2H3. The summed E-state index contributed by atoms with van der Waals surface area (Å²) in [6.45, 7) is 6.91. The van der Waals surface area contributed by atoms with Crippen molar-refractivity contribution in [1.82, 2.24) is 14.9 Å². The maximum Gasteiger partial charge on any atom is 0.260 e. The zero-order valence-electron chi connectivity index (χ0n) is 17.7. The summed E-state index contributed by atoms with van der Waals surface area (Å²) in [5.74, 6) is 3.11. The minimum atomic E-state index is -0.00547. The molecule has 0 radical (unpaired) electrons. The van der Waals surface area contributed by atoms with E-state index in [0.717, 1.165) is 43.6 Å². The van der Waals surface area contributed by atoms with Crippen molar-refractivity contribution in [2.75, 3.05) is 62.8 Å². The van der Waals surface area contributed by atoms with Crippen molar-refractivity contribution in [2.24, 2.45) is 0 Å². The lowest BCUT2D eigenvalue weighted by Crippen LogP contribution is -2.50. The van der Waals surface area contributed by atoms with Gasteiger partial charge >= 0.3 is 0 Å². The molecule has 8 heteroatoms. The number of hydrogen-bond donors (Lipinski definition) is 0. The maximum absolute atomic E-state index is 12.6. The second kappa shape index (κ2) is 9.19. The summed E-state index contributed by atoms with van der Waals surface area (Å²) in [6, 6.07) is 9.32. The highest BCUT2D eigenvalue weighted by atomic mass is 16.5.